The van der Waals surface area contributed by atoms with Crippen molar-refractivity contribution in [1.82, 2.24) is 19.8 Å². The maximum atomic E-state index is 11.2. The van der Waals surface area contributed by atoms with Gasteiger partial charge in [-0.15, -0.1) is 0 Å². The SMILES string of the molecule is CCc1cc(-c2noc(-c3cc(C)nc(N(CC)CC)c3)n2)cc(C)c1OCCNS(C)(=O)=O. The Labute approximate surface area is 201 Å². The molecule has 1 N–H and O–H groups in total. The number of aromatic nitrogens is 3. The summed E-state index contributed by atoms with van der Waals surface area (Å²) < 4.78 is 36.4. The van der Waals surface area contributed by atoms with Crippen LogP contribution in [0.3, 0.4) is 0 Å². The zero-order valence-corrected chi connectivity index (χ0v) is 21.5. The second-order valence-corrected chi connectivity index (χ2v) is 9.93. The van der Waals surface area contributed by atoms with Crippen LogP contribution in [0.25, 0.3) is 22.8 Å². The molecule has 9 nitrogen and oxygen atoms in total. The molecule has 3 rings (SSSR count). The number of hydrogen-bond donors (Lipinski definition) is 1. The lowest BCUT2D eigenvalue weighted by molar-refractivity contribution is 0.318. The number of rotatable bonds is 11. The van der Waals surface area contributed by atoms with E-state index in [0.29, 0.717) is 11.7 Å². The van der Waals surface area contributed by atoms with Crippen LogP contribution in [-0.4, -0.2) is 56.0 Å². The highest BCUT2D eigenvalue weighted by atomic mass is 32.2. The van der Waals surface area contributed by atoms with Crippen LogP contribution in [0.2, 0.25) is 0 Å². The molecule has 0 saturated heterocycles. The van der Waals surface area contributed by atoms with E-state index in [1.807, 2.05) is 45.0 Å². The number of hydrogen-bond acceptors (Lipinski definition) is 8. The number of nitrogens with zero attached hydrogens (tertiary/aromatic N) is 4. The molecule has 0 radical (unpaired) electrons. The zero-order valence-electron chi connectivity index (χ0n) is 20.7. The fourth-order valence-corrected chi connectivity index (χ4v) is 4.22. The highest BCUT2D eigenvalue weighted by Crippen LogP contribution is 2.31. The molecule has 0 aliphatic carbocycles. The van der Waals surface area contributed by atoms with Crippen molar-refractivity contribution in [2.75, 3.05) is 37.4 Å². The summed E-state index contributed by atoms with van der Waals surface area (Å²) in [4.78, 5) is 11.5. The Morgan fingerprint density at radius 1 is 1.03 bits per heavy atom. The molecule has 2 aromatic heterocycles. The van der Waals surface area contributed by atoms with Crippen LogP contribution >= 0.6 is 0 Å². The van der Waals surface area contributed by atoms with Crippen molar-refractivity contribution in [1.29, 1.82) is 0 Å². The predicted molar refractivity (Wildman–Crippen MR) is 134 cm³/mol. The molecule has 0 saturated carbocycles. The number of ether oxygens (including phenoxy) is 1. The Balaban J connectivity index is 1.86. The van der Waals surface area contributed by atoms with Gasteiger partial charge in [0.1, 0.15) is 18.2 Å². The summed E-state index contributed by atoms with van der Waals surface area (Å²) in [5.74, 6) is 2.57. The Kier molecular flexibility index (Phi) is 8.27. The van der Waals surface area contributed by atoms with Gasteiger partial charge in [-0.25, -0.2) is 18.1 Å². The first-order valence-electron chi connectivity index (χ1n) is 11.4. The Bertz CT molecular complexity index is 1240. The third-order valence-electron chi connectivity index (χ3n) is 5.40. The van der Waals surface area contributed by atoms with Crippen molar-refractivity contribution in [2.24, 2.45) is 0 Å². The lowest BCUT2D eigenvalue weighted by Gasteiger charge is -2.20. The minimum absolute atomic E-state index is 0.207. The van der Waals surface area contributed by atoms with E-state index >= 15 is 0 Å². The molecule has 34 heavy (non-hydrogen) atoms. The van der Waals surface area contributed by atoms with Gasteiger partial charge in [-0.2, -0.15) is 4.98 Å². The molecule has 0 atom stereocenters. The van der Waals surface area contributed by atoms with E-state index in [1.165, 1.54) is 0 Å². The van der Waals surface area contributed by atoms with Gasteiger partial charge in [-0.3, -0.25) is 0 Å². The maximum Gasteiger partial charge on any atom is 0.258 e. The van der Waals surface area contributed by atoms with Gasteiger partial charge in [0.2, 0.25) is 15.8 Å². The topological polar surface area (TPSA) is 110 Å². The second kappa shape index (κ2) is 11.0. The molecule has 184 valence electrons. The Morgan fingerprint density at radius 2 is 1.76 bits per heavy atom. The lowest BCUT2D eigenvalue weighted by Crippen LogP contribution is -2.27. The van der Waals surface area contributed by atoms with Crippen molar-refractivity contribution in [3.63, 3.8) is 0 Å². The molecule has 0 amide bonds. The van der Waals surface area contributed by atoms with E-state index in [2.05, 4.69) is 38.6 Å². The average molecular weight is 488 g/mol. The molecule has 0 unspecified atom stereocenters. The van der Waals surface area contributed by atoms with Crippen molar-refractivity contribution in [3.05, 3.63) is 41.1 Å². The highest BCUT2D eigenvalue weighted by molar-refractivity contribution is 7.88. The van der Waals surface area contributed by atoms with E-state index < -0.39 is 10.0 Å². The van der Waals surface area contributed by atoms with E-state index in [9.17, 15) is 8.42 Å². The second-order valence-electron chi connectivity index (χ2n) is 8.10. The maximum absolute atomic E-state index is 11.2. The summed E-state index contributed by atoms with van der Waals surface area (Å²) in [6.07, 6.45) is 1.87. The van der Waals surface area contributed by atoms with Crippen molar-refractivity contribution < 1.29 is 17.7 Å². The minimum Gasteiger partial charge on any atom is -0.492 e. The number of pyridine rings is 1. The molecular weight excluding hydrogens is 454 g/mol. The molecule has 0 spiro atoms. The molecule has 1 aromatic carbocycles. The summed E-state index contributed by atoms with van der Waals surface area (Å²) in [6.45, 7) is 12.3. The molecule has 2 heterocycles. The monoisotopic (exact) mass is 487 g/mol. The predicted octanol–water partition coefficient (Wildman–Crippen LogP) is 3.75. The van der Waals surface area contributed by atoms with Crippen molar-refractivity contribution >= 4 is 15.8 Å². The van der Waals surface area contributed by atoms with Crippen LogP contribution in [0, 0.1) is 13.8 Å². The van der Waals surface area contributed by atoms with Gasteiger partial charge in [0.05, 0.1) is 6.26 Å². The fraction of sp³-hybridized carbons (Fsp3) is 0.458. The summed E-state index contributed by atoms with van der Waals surface area (Å²) in [5, 5.41) is 4.22. The third kappa shape index (κ3) is 6.32. The number of aryl methyl sites for hydroxylation is 3. The Morgan fingerprint density at radius 3 is 2.41 bits per heavy atom. The fourth-order valence-electron chi connectivity index (χ4n) is 3.77. The van der Waals surface area contributed by atoms with Gasteiger partial charge in [0.25, 0.3) is 5.89 Å². The van der Waals surface area contributed by atoms with E-state index in [-0.39, 0.29) is 13.2 Å². The number of benzene rings is 1. The summed E-state index contributed by atoms with van der Waals surface area (Å²) in [6, 6.07) is 7.85. The molecular formula is C24H33N5O4S. The van der Waals surface area contributed by atoms with E-state index in [0.717, 1.165) is 65.3 Å². The molecule has 3 aromatic rings. The van der Waals surface area contributed by atoms with Gasteiger partial charge >= 0.3 is 0 Å². The molecule has 10 heteroatoms. The normalized spacial score (nSPS) is 11.6. The zero-order chi connectivity index (χ0) is 24.9. The van der Waals surface area contributed by atoms with Gasteiger partial charge in [-0.05, 0) is 69.5 Å². The van der Waals surface area contributed by atoms with Crippen LogP contribution in [-0.2, 0) is 16.4 Å². The van der Waals surface area contributed by atoms with Gasteiger partial charge in [-0.1, -0.05) is 12.1 Å². The molecule has 0 aliphatic heterocycles. The first-order valence-corrected chi connectivity index (χ1v) is 13.3. The van der Waals surface area contributed by atoms with Gasteiger partial charge in [0.15, 0.2) is 0 Å². The summed E-state index contributed by atoms with van der Waals surface area (Å²) in [5.41, 5.74) is 4.46. The largest absolute Gasteiger partial charge is 0.492 e. The first-order chi connectivity index (χ1) is 16.1. The number of nitrogens with one attached hydrogen (secondary N) is 1. The van der Waals surface area contributed by atoms with Crippen LogP contribution in [0.4, 0.5) is 5.82 Å². The van der Waals surface area contributed by atoms with Crippen molar-refractivity contribution in [3.8, 4) is 28.6 Å². The lowest BCUT2D eigenvalue weighted by atomic mass is 10.0. The first kappa shape index (κ1) is 25.6. The van der Waals surface area contributed by atoms with Crippen LogP contribution < -0.4 is 14.4 Å². The number of anilines is 1. The standard InChI is InChI=1S/C24H33N5O4S/c1-7-18-14-19(12-16(4)22(18)32-11-10-25-34(6,30)31)23-27-24(33-28-23)20-13-17(5)26-21(15-20)29(8-2)9-3/h12-15,25H,7-11H2,1-6H3. The van der Waals surface area contributed by atoms with Crippen LogP contribution in [0.5, 0.6) is 5.75 Å². The third-order valence-corrected chi connectivity index (χ3v) is 6.13. The summed E-state index contributed by atoms with van der Waals surface area (Å²) in [7, 11) is -3.24. The highest BCUT2D eigenvalue weighted by Gasteiger charge is 2.17. The van der Waals surface area contributed by atoms with Gasteiger partial charge in [0, 0.05) is 36.5 Å². The summed E-state index contributed by atoms with van der Waals surface area (Å²) >= 11 is 0. The van der Waals surface area contributed by atoms with E-state index in [4.69, 9.17) is 9.26 Å². The molecule has 0 fully saturated rings. The molecule has 0 bridgehead atoms. The van der Waals surface area contributed by atoms with Crippen molar-refractivity contribution in [2.45, 2.75) is 41.0 Å². The minimum atomic E-state index is -3.24. The van der Waals surface area contributed by atoms with E-state index in [1.54, 1.807) is 0 Å². The molecule has 0 aliphatic rings. The number of sulfonamides is 1. The van der Waals surface area contributed by atoms with Gasteiger partial charge < -0.3 is 14.2 Å². The van der Waals surface area contributed by atoms with Crippen LogP contribution in [0.1, 0.15) is 37.6 Å². The Hall–Kier alpha value is -2.98. The smallest absolute Gasteiger partial charge is 0.258 e. The quantitative estimate of drug-likeness (QED) is 0.407. The van der Waals surface area contributed by atoms with Crippen LogP contribution in [0.15, 0.2) is 28.8 Å². The average Bonchev–Trinajstić information content (AvgIpc) is 3.27.